The molecule has 2 heterocycles. The fraction of sp³-hybridized carbons (Fsp3) is 0.444. The Hall–Kier alpha value is -2.18. The Morgan fingerprint density at radius 1 is 1.46 bits per heavy atom. The average molecular weight is 328 g/mol. The number of hydrogen-bond donors (Lipinski definition) is 3. The lowest BCUT2D eigenvalue weighted by atomic mass is 10.0. The molecule has 128 valence electrons. The van der Waals surface area contributed by atoms with Gasteiger partial charge in [0, 0.05) is 24.3 Å². The normalized spacial score (nSPS) is 18.7. The van der Waals surface area contributed by atoms with Crippen LogP contribution in [0.5, 0.6) is 0 Å². The lowest BCUT2D eigenvalue weighted by Crippen LogP contribution is -2.35. The predicted octanol–water partition coefficient (Wildman–Crippen LogP) is 1.96. The molecule has 2 atom stereocenters. The molecule has 0 spiro atoms. The standard InChI is InChI=1S/C18H24N4O2/c1-12-8-13(2)22(21-12)16-5-3-4-14(9-16)17(10-18(23)24)20-15-6-7-19-11-15/h3-5,8-9,15,17,19-20H,6-7,10-11H2,1-2H3,(H,23,24). The van der Waals surface area contributed by atoms with Gasteiger partial charge in [-0.25, -0.2) is 4.68 Å². The number of benzene rings is 1. The highest BCUT2D eigenvalue weighted by atomic mass is 16.4. The molecule has 1 fully saturated rings. The maximum atomic E-state index is 11.3. The molecule has 1 aliphatic rings. The maximum absolute atomic E-state index is 11.3. The van der Waals surface area contributed by atoms with E-state index in [1.807, 2.05) is 48.9 Å². The van der Waals surface area contributed by atoms with E-state index in [1.165, 1.54) is 0 Å². The summed E-state index contributed by atoms with van der Waals surface area (Å²) in [7, 11) is 0. The third kappa shape index (κ3) is 3.83. The molecule has 0 saturated carbocycles. The first-order valence-electron chi connectivity index (χ1n) is 8.35. The smallest absolute Gasteiger partial charge is 0.305 e. The average Bonchev–Trinajstić information content (AvgIpc) is 3.16. The minimum atomic E-state index is -0.796. The summed E-state index contributed by atoms with van der Waals surface area (Å²) >= 11 is 0. The van der Waals surface area contributed by atoms with Gasteiger partial charge in [-0.05, 0) is 50.6 Å². The SMILES string of the molecule is Cc1cc(C)n(-c2cccc(C(CC(=O)O)NC3CCNC3)c2)n1. The molecular formula is C18H24N4O2. The maximum Gasteiger partial charge on any atom is 0.305 e. The Labute approximate surface area is 141 Å². The van der Waals surface area contributed by atoms with E-state index < -0.39 is 5.97 Å². The topological polar surface area (TPSA) is 79.2 Å². The molecule has 6 nitrogen and oxygen atoms in total. The van der Waals surface area contributed by atoms with Crippen molar-refractivity contribution in [1.29, 1.82) is 0 Å². The Morgan fingerprint density at radius 3 is 2.92 bits per heavy atom. The van der Waals surface area contributed by atoms with Crippen LogP contribution in [0.3, 0.4) is 0 Å². The van der Waals surface area contributed by atoms with Crippen LogP contribution in [-0.4, -0.2) is 40.0 Å². The molecule has 1 aromatic carbocycles. The number of aromatic nitrogens is 2. The Bertz CT molecular complexity index is 720. The molecule has 3 N–H and O–H groups in total. The quantitative estimate of drug-likeness (QED) is 0.755. The zero-order chi connectivity index (χ0) is 17.1. The van der Waals surface area contributed by atoms with Gasteiger partial charge < -0.3 is 15.7 Å². The summed E-state index contributed by atoms with van der Waals surface area (Å²) in [6, 6.07) is 10.1. The number of aryl methyl sites for hydroxylation is 2. The molecule has 0 amide bonds. The van der Waals surface area contributed by atoms with Crippen molar-refractivity contribution in [3.63, 3.8) is 0 Å². The Balaban J connectivity index is 1.88. The minimum absolute atomic E-state index is 0.0665. The first-order valence-corrected chi connectivity index (χ1v) is 8.35. The molecule has 1 aromatic heterocycles. The number of carboxylic acid groups (broad SMARTS) is 1. The number of carboxylic acids is 1. The van der Waals surface area contributed by atoms with Gasteiger partial charge in [0.2, 0.25) is 0 Å². The molecule has 6 heteroatoms. The minimum Gasteiger partial charge on any atom is -0.481 e. The summed E-state index contributed by atoms with van der Waals surface area (Å²) in [6.07, 6.45) is 1.09. The van der Waals surface area contributed by atoms with Gasteiger partial charge >= 0.3 is 5.97 Å². The fourth-order valence-corrected chi connectivity index (χ4v) is 3.29. The van der Waals surface area contributed by atoms with Gasteiger partial charge in [-0.3, -0.25) is 4.79 Å². The zero-order valence-corrected chi connectivity index (χ0v) is 14.1. The van der Waals surface area contributed by atoms with Gasteiger partial charge in [0.25, 0.3) is 0 Å². The van der Waals surface area contributed by atoms with Crippen LogP contribution in [0, 0.1) is 13.8 Å². The van der Waals surface area contributed by atoms with Gasteiger partial charge in [-0.15, -0.1) is 0 Å². The molecule has 2 aromatic rings. The lowest BCUT2D eigenvalue weighted by molar-refractivity contribution is -0.137. The van der Waals surface area contributed by atoms with Crippen LogP contribution < -0.4 is 10.6 Å². The highest BCUT2D eigenvalue weighted by molar-refractivity contribution is 5.68. The van der Waals surface area contributed by atoms with E-state index in [4.69, 9.17) is 0 Å². The van der Waals surface area contributed by atoms with Crippen molar-refractivity contribution in [2.45, 2.75) is 38.8 Å². The van der Waals surface area contributed by atoms with Gasteiger partial charge in [0.1, 0.15) is 0 Å². The number of nitrogens with one attached hydrogen (secondary N) is 2. The molecule has 3 rings (SSSR count). The van der Waals surface area contributed by atoms with Crippen molar-refractivity contribution < 1.29 is 9.90 Å². The summed E-state index contributed by atoms with van der Waals surface area (Å²) in [5.74, 6) is -0.796. The molecule has 0 bridgehead atoms. The van der Waals surface area contributed by atoms with Gasteiger partial charge in [0.15, 0.2) is 0 Å². The van der Waals surface area contributed by atoms with Crippen molar-refractivity contribution in [3.8, 4) is 5.69 Å². The van der Waals surface area contributed by atoms with E-state index in [0.29, 0.717) is 6.04 Å². The fourth-order valence-electron chi connectivity index (χ4n) is 3.29. The number of aliphatic carboxylic acids is 1. The second-order valence-corrected chi connectivity index (χ2v) is 6.44. The van der Waals surface area contributed by atoms with Crippen LogP contribution in [0.25, 0.3) is 5.69 Å². The van der Waals surface area contributed by atoms with Crippen LogP contribution in [0.2, 0.25) is 0 Å². The summed E-state index contributed by atoms with van der Waals surface area (Å²) < 4.78 is 1.90. The highest BCUT2D eigenvalue weighted by Crippen LogP contribution is 2.22. The number of hydrogen-bond acceptors (Lipinski definition) is 4. The van der Waals surface area contributed by atoms with E-state index in [2.05, 4.69) is 15.7 Å². The predicted molar refractivity (Wildman–Crippen MR) is 92.4 cm³/mol. The Kier molecular flexibility index (Phi) is 4.97. The molecule has 0 radical (unpaired) electrons. The third-order valence-corrected chi connectivity index (χ3v) is 4.40. The molecule has 1 aliphatic heterocycles. The number of carbonyl (C=O) groups is 1. The second-order valence-electron chi connectivity index (χ2n) is 6.44. The molecule has 0 aliphatic carbocycles. The van der Waals surface area contributed by atoms with E-state index >= 15 is 0 Å². The van der Waals surface area contributed by atoms with E-state index in [0.717, 1.165) is 42.1 Å². The van der Waals surface area contributed by atoms with E-state index in [1.54, 1.807) is 0 Å². The zero-order valence-electron chi connectivity index (χ0n) is 14.1. The van der Waals surface area contributed by atoms with Gasteiger partial charge in [0.05, 0.1) is 17.8 Å². The summed E-state index contributed by atoms with van der Waals surface area (Å²) in [5.41, 5.74) is 3.97. The van der Waals surface area contributed by atoms with Crippen LogP contribution >= 0.6 is 0 Å². The number of rotatable bonds is 6. The summed E-state index contributed by atoms with van der Waals surface area (Å²) in [6.45, 7) is 5.84. The largest absolute Gasteiger partial charge is 0.481 e. The van der Waals surface area contributed by atoms with Crippen molar-refractivity contribution in [2.75, 3.05) is 13.1 Å². The van der Waals surface area contributed by atoms with Crippen LogP contribution in [0.1, 0.15) is 35.8 Å². The van der Waals surface area contributed by atoms with Crippen molar-refractivity contribution >= 4 is 5.97 Å². The molecule has 1 saturated heterocycles. The van der Waals surface area contributed by atoms with Crippen LogP contribution in [0.4, 0.5) is 0 Å². The first-order chi connectivity index (χ1) is 11.5. The number of nitrogens with zero attached hydrogens (tertiary/aromatic N) is 2. The lowest BCUT2D eigenvalue weighted by Gasteiger charge is -2.22. The summed E-state index contributed by atoms with van der Waals surface area (Å²) in [4.78, 5) is 11.3. The molecule has 24 heavy (non-hydrogen) atoms. The molecule has 2 unspecified atom stereocenters. The molecular weight excluding hydrogens is 304 g/mol. The highest BCUT2D eigenvalue weighted by Gasteiger charge is 2.22. The van der Waals surface area contributed by atoms with Crippen LogP contribution in [-0.2, 0) is 4.79 Å². The van der Waals surface area contributed by atoms with E-state index in [-0.39, 0.29) is 12.5 Å². The van der Waals surface area contributed by atoms with Crippen molar-refractivity contribution in [3.05, 3.63) is 47.3 Å². The van der Waals surface area contributed by atoms with Crippen molar-refractivity contribution in [1.82, 2.24) is 20.4 Å². The first kappa shape index (κ1) is 16.7. The van der Waals surface area contributed by atoms with Crippen molar-refractivity contribution in [2.24, 2.45) is 0 Å². The van der Waals surface area contributed by atoms with Gasteiger partial charge in [-0.1, -0.05) is 12.1 Å². The Morgan fingerprint density at radius 2 is 2.29 bits per heavy atom. The van der Waals surface area contributed by atoms with Gasteiger partial charge in [-0.2, -0.15) is 5.10 Å². The second kappa shape index (κ2) is 7.15. The summed E-state index contributed by atoms with van der Waals surface area (Å²) in [5, 5.41) is 20.6. The third-order valence-electron chi connectivity index (χ3n) is 4.40. The van der Waals surface area contributed by atoms with Crippen LogP contribution in [0.15, 0.2) is 30.3 Å². The van der Waals surface area contributed by atoms with E-state index in [9.17, 15) is 9.90 Å². The monoisotopic (exact) mass is 328 g/mol.